The zero-order valence-electron chi connectivity index (χ0n) is 15.4. The number of aryl methyl sites for hydroxylation is 1. The fourth-order valence-electron chi connectivity index (χ4n) is 3.39. The Balaban J connectivity index is 1.42. The Hall–Kier alpha value is -2.83. The molecule has 0 bridgehead atoms. The van der Waals surface area contributed by atoms with Crippen LogP contribution >= 0.6 is 0 Å². The summed E-state index contributed by atoms with van der Waals surface area (Å²) in [6.07, 6.45) is 5.57. The van der Waals surface area contributed by atoms with Gasteiger partial charge >= 0.3 is 12.0 Å². The number of imide groups is 1. The predicted octanol–water partition coefficient (Wildman–Crippen LogP) is 2.80. The summed E-state index contributed by atoms with van der Waals surface area (Å²) in [4.78, 5) is 39.0. The predicted molar refractivity (Wildman–Crippen MR) is 101 cm³/mol. The molecule has 0 spiro atoms. The molecule has 1 aliphatic carbocycles. The smallest absolute Gasteiger partial charge is 0.321 e. The number of amides is 3. The monoisotopic (exact) mass is 371 g/mol. The van der Waals surface area contributed by atoms with Crippen molar-refractivity contribution in [3.8, 4) is 0 Å². The molecule has 1 aromatic carbocycles. The van der Waals surface area contributed by atoms with Crippen molar-refractivity contribution in [3.63, 3.8) is 0 Å². The normalized spacial score (nSPS) is 15.4. The van der Waals surface area contributed by atoms with Gasteiger partial charge < -0.3 is 15.0 Å². The topological polar surface area (TPSA) is 100 Å². The van der Waals surface area contributed by atoms with Crippen LogP contribution < -0.4 is 10.6 Å². The van der Waals surface area contributed by atoms with Crippen molar-refractivity contribution in [2.75, 3.05) is 0 Å². The number of carbonyl (C=O) groups excluding carboxylic acids is 3. The number of esters is 1. The van der Waals surface area contributed by atoms with Gasteiger partial charge in [-0.05, 0) is 37.8 Å². The summed E-state index contributed by atoms with van der Waals surface area (Å²) in [5, 5.41) is 6.07. The molecule has 3 rings (SSSR count). The lowest BCUT2D eigenvalue weighted by molar-refractivity contribution is -0.154. The lowest BCUT2D eigenvalue weighted by Gasteiger charge is -2.15. The second-order valence-electron chi connectivity index (χ2n) is 6.94. The van der Waals surface area contributed by atoms with E-state index in [1.54, 1.807) is 0 Å². The van der Waals surface area contributed by atoms with E-state index in [4.69, 9.17) is 4.74 Å². The minimum atomic E-state index is -1.02. The van der Waals surface area contributed by atoms with Gasteiger partial charge in [-0.25, -0.2) is 4.79 Å². The molecule has 1 unspecified atom stereocenters. The van der Waals surface area contributed by atoms with Gasteiger partial charge in [-0.1, -0.05) is 31.0 Å². The molecule has 27 heavy (non-hydrogen) atoms. The minimum Gasteiger partial charge on any atom is -0.453 e. The van der Waals surface area contributed by atoms with Gasteiger partial charge in [0.15, 0.2) is 6.10 Å². The molecule has 1 aliphatic rings. The Labute approximate surface area is 157 Å². The van der Waals surface area contributed by atoms with Gasteiger partial charge in [0.25, 0.3) is 5.91 Å². The summed E-state index contributed by atoms with van der Waals surface area (Å²) in [7, 11) is 0. The van der Waals surface area contributed by atoms with Crippen molar-refractivity contribution < 1.29 is 19.1 Å². The zero-order valence-corrected chi connectivity index (χ0v) is 15.4. The Kier molecular flexibility index (Phi) is 6.11. The summed E-state index contributed by atoms with van der Waals surface area (Å²) in [5.41, 5.74) is 2.04. The number of fused-ring (bicyclic) bond motifs is 1. The van der Waals surface area contributed by atoms with Crippen molar-refractivity contribution in [1.82, 2.24) is 15.6 Å². The van der Waals surface area contributed by atoms with E-state index >= 15 is 0 Å². The molecule has 0 saturated heterocycles. The van der Waals surface area contributed by atoms with E-state index in [0.29, 0.717) is 6.42 Å². The van der Waals surface area contributed by atoms with E-state index in [1.165, 1.54) is 6.92 Å². The van der Waals surface area contributed by atoms with Gasteiger partial charge in [-0.3, -0.25) is 14.9 Å². The minimum absolute atomic E-state index is 0.117. The molecule has 1 heterocycles. The van der Waals surface area contributed by atoms with Crippen LogP contribution in [0, 0.1) is 0 Å². The zero-order chi connectivity index (χ0) is 19.2. The number of benzene rings is 1. The second kappa shape index (κ2) is 8.70. The largest absolute Gasteiger partial charge is 0.453 e. The number of urea groups is 1. The summed E-state index contributed by atoms with van der Waals surface area (Å²) < 4.78 is 5.15. The molecule has 0 aliphatic heterocycles. The molecule has 0 radical (unpaired) electrons. The molecule has 2 aromatic rings. The van der Waals surface area contributed by atoms with E-state index in [1.807, 2.05) is 30.5 Å². The quantitative estimate of drug-likeness (QED) is 0.680. The standard InChI is InChI=1S/C20H25N3O4/c1-13(19(25)23-20(26)22-15-6-2-3-7-15)27-18(24)11-10-14-12-21-17-9-5-4-8-16(14)17/h4-5,8-9,12-13,15,21H,2-3,6-7,10-11H2,1H3,(H2,22,23,25,26). The van der Waals surface area contributed by atoms with E-state index in [2.05, 4.69) is 15.6 Å². The number of para-hydroxylation sites is 1. The number of carbonyl (C=O) groups is 3. The molecule has 3 N–H and O–H groups in total. The Morgan fingerprint density at radius 2 is 1.96 bits per heavy atom. The van der Waals surface area contributed by atoms with Gasteiger partial charge in [0.1, 0.15) is 0 Å². The first-order valence-corrected chi connectivity index (χ1v) is 9.39. The molecule has 7 nitrogen and oxygen atoms in total. The average molecular weight is 371 g/mol. The highest BCUT2D eigenvalue weighted by Gasteiger charge is 2.22. The Morgan fingerprint density at radius 1 is 1.22 bits per heavy atom. The molecule has 1 aromatic heterocycles. The summed E-state index contributed by atoms with van der Waals surface area (Å²) in [6, 6.07) is 7.44. The van der Waals surface area contributed by atoms with Gasteiger partial charge in [0, 0.05) is 29.6 Å². The van der Waals surface area contributed by atoms with Crippen molar-refractivity contribution in [2.24, 2.45) is 0 Å². The van der Waals surface area contributed by atoms with Crippen LogP contribution in [0.4, 0.5) is 4.79 Å². The van der Waals surface area contributed by atoms with Crippen LogP contribution in [0.2, 0.25) is 0 Å². The molecule has 1 atom stereocenters. The number of H-pyrrole nitrogens is 1. The molecule has 144 valence electrons. The highest BCUT2D eigenvalue weighted by Crippen LogP contribution is 2.19. The van der Waals surface area contributed by atoms with Crippen LogP contribution in [0.3, 0.4) is 0 Å². The van der Waals surface area contributed by atoms with Crippen molar-refractivity contribution in [1.29, 1.82) is 0 Å². The van der Waals surface area contributed by atoms with E-state index < -0.39 is 24.0 Å². The third kappa shape index (κ3) is 5.09. The van der Waals surface area contributed by atoms with Gasteiger partial charge in [0.05, 0.1) is 0 Å². The number of aromatic amines is 1. The van der Waals surface area contributed by atoms with E-state index in [9.17, 15) is 14.4 Å². The Morgan fingerprint density at radius 3 is 2.74 bits per heavy atom. The average Bonchev–Trinajstić information content (AvgIpc) is 3.29. The van der Waals surface area contributed by atoms with Crippen LogP contribution in [0.5, 0.6) is 0 Å². The van der Waals surface area contributed by atoms with Crippen LogP contribution in [0.15, 0.2) is 30.5 Å². The summed E-state index contributed by atoms with van der Waals surface area (Å²) in [6.45, 7) is 1.46. The molecular weight excluding hydrogens is 346 g/mol. The Bertz CT molecular complexity index is 823. The number of nitrogens with one attached hydrogen (secondary N) is 3. The number of hydrogen-bond acceptors (Lipinski definition) is 4. The van der Waals surface area contributed by atoms with Crippen LogP contribution in [-0.4, -0.2) is 35.0 Å². The third-order valence-corrected chi connectivity index (χ3v) is 4.88. The van der Waals surface area contributed by atoms with Gasteiger partial charge in [0.2, 0.25) is 0 Å². The maximum Gasteiger partial charge on any atom is 0.321 e. The second-order valence-corrected chi connectivity index (χ2v) is 6.94. The lowest BCUT2D eigenvalue weighted by atomic mass is 10.1. The van der Waals surface area contributed by atoms with E-state index in [0.717, 1.165) is 42.1 Å². The number of aromatic nitrogens is 1. The summed E-state index contributed by atoms with van der Waals surface area (Å²) in [5.74, 6) is -1.09. The first-order valence-electron chi connectivity index (χ1n) is 9.39. The summed E-state index contributed by atoms with van der Waals surface area (Å²) >= 11 is 0. The van der Waals surface area contributed by atoms with Crippen molar-refractivity contribution in [2.45, 2.75) is 57.6 Å². The van der Waals surface area contributed by atoms with Crippen LogP contribution in [-0.2, 0) is 20.7 Å². The SMILES string of the molecule is CC(OC(=O)CCc1c[nH]c2ccccc12)C(=O)NC(=O)NC1CCCC1. The molecular formula is C20H25N3O4. The van der Waals surface area contributed by atoms with Gasteiger partial charge in [-0.15, -0.1) is 0 Å². The highest BCUT2D eigenvalue weighted by molar-refractivity contribution is 5.97. The maximum absolute atomic E-state index is 12.0. The fourth-order valence-corrected chi connectivity index (χ4v) is 3.39. The van der Waals surface area contributed by atoms with Crippen molar-refractivity contribution in [3.05, 3.63) is 36.0 Å². The van der Waals surface area contributed by atoms with Crippen LogP contribution in [0.25, 0.3) is 10.9 Å². The number of rotatable bonds is 6. The van der Waals surface area contributed by atoms with Crippen LogP contribution in [0.1, 0.15) is 44.6 Å². The maximum atomic E-state index is 12.0. The van der Waals surface area contributed by atoms with Gasteiger partial charge in [-0.2, -0.15) is 0 Å². The molecule has 3 amide bonds. The number of hydrogen-bond donors (Lipinski definition) is 3. The third-order valence-electron chi connectivity index (χ3n) is 4.88. The fraction of sp³-hybridized carbons (Fsp3) is 0.450. The van der Waals surface area contributed by atoms with Crippen molar-refractivity contribution >= 4 is 28.8 Å². The molecule has 1 fully saturated rings. The number of ether oxygens (including phenoxy) is 1. The molecule has 7 heteroatoms. The highest BCUT2D eigenvalue weighted by atomic mass is 16.5. The first kappa shape index (κ1) is 18.9. The first-order chi connectivity index (χ1) is 13.0. The molecule has 1 saturated carbocycles. The van der Waals surface area contributed by atoms with E-state index in [-0.39, 0.29) is 12.5 Å². The lowest BCUT2D eigenvalue weighted by Crippen LogP contribution is -2.47.